The fourth-order valence-corrected chi connectivity index (χ4v) is 2.24. The molecule has 0 amide bonds. The van der Waals surface area contributed by atoms with Gasteiger partial charge in [0.1, 0.15) is 5.69 Å². The van der Waals surface area contributed by atoms with Crippen LogP contribution in [0.15, 0.2) is 41.5 Å². The molecular weight excluding hydrogens is 310 g/mol. The van der Waals surface area contributed by atoms with Crippen molar-refractivity contribution in [3.05, 3.63) is 57.1 Å². The Balaban J connectivity index is 1.79. The van der Waals surface area contributed by atoms with Gasteiger partial charge in [-0.25, -0.2) is 0 Å². The number of hydrazone groups is 1. The number of benzene rings is 2. The maximum atomic E-state index is 10.9. The number of nitrogens with zero attached hydrogens (tertiary/aromatic N) is 2. The van der Waals surface area contributed by atoms with E-state index in [2.05, 4.69) is 10.5 Å². The second-order valence-electron chi connectivity index (χ2n) is 4.38. The lowest BCUT2D eigenvalue weighted by Gasteiger charge is -2.02. The van der Waals surface area contributed by atoms with Gasteiger partial charge in [0.25, 0.3) is 5.69 Å². The van der Waals surface area contributed by atoms with E-state index in [0.29, 0.717) is 27.8 Å². The Morgan fingerprint density at radius 3 is 2.95 bits per heavy atom. The average Bonchev–Trinajstić information content (AvgIpc) is 2.96. The molecule has 22 heavy (non-hydrogen) atoms. The highest BCUT2D eigenvalue weighted by Crippen LogP contribution is 2.39. The van der Waals surface area contributed by atoms with E-state index in [-0.39, 0.29) is 12.5 Å². The van der Waals surface area contributed by atoms with E-state index in [1.807, 2.05) is 0 Å². The monoisotopic (exact) mass is 319 g/mol. The molecule has 2 aromatic rings. The van der Waals surface area contributed by atoms with Gasteiger partial charge in [0.05, 0.1) is 16.2 Å². The van der Waals surface area contributed by atoms with Crippen LogP contribution in [-0.4, -0.2) is 17.9 Å². The molecule has 3 rings (SSSR count). The van der Waals surface area contributed by atoms with Crippen molar-refractivity contribution >= 4 is 29.2 Å². The number of fused-ring (bicyclic) bond motifs is 1. The van der Waals surface area contributed by atoms with Gasteiger partial charge in [-0.1, -0.05) is 23.7 Å². The van der Waals surface area contributed by atoms with Crippen LogP contribution >= 0.6 is 11.6 Å². The van der Waals surface area contributed by atoms with Crippen molar-refractivity contribution in [1.82, 2.24) is 0 Å². The molecule has 0 spiro atoms. The lowest BCUT2D eigenvalue weighted by molar-refractivity contribution is -0.384. The minimum absolute atomic E-state index is 0.0524. The van der Waals surface area contributed by atoms with Crippen LogP contribution < -0.4 is 14.9 Å². The minimum atomic E-state index is -0.477. The Morgan fingerprint density at radius 1 is 1.32 bits per heavy atom. The van der Waals surface area contributed by atoms with Crippen LogP contribution in [0.2, 0.25) is 5.02 Å². The number of ether oxygens (including phenoxy) is 2. The van der Waals surface area contributed by atoms with Gasteiger partial charge in [-0.05, 0) is 23.8 Å². The molecular formula is C14H10ClN3O4. The van der Waals surface area contributed by atoms with Crippen molar-refractivity contribution in [3.8, 4) is 11.5 Å². The lowest BCUT2D eigenvalue weighted by atomic mass is 10.2. The first kappa shape index (κ1) is 14.2. The highest BCUT2D eigenvalue weighted by Gasteiger charge is 2.17. The van der Waals surface area contributed by atoms with Crippen molar-refractivity contribution in [2.24, 2.45) is 5.10 Å². The van der Waals surface area contributed by atoms with Gasteiger partial charge in [0, 0.05) is 6.07 Å². The van der Waals surface area contributed by atoms with Crippen LogP contribution in [0, 0.1) is 10.1 Å². The quantitative estimate of drug-likeness (QED) is 0.530. The number of nitro groups is 1. The van der Waals surface area contributed by atoms with Crippen LogP contribution in [0.3, 0.4) is 0 Å². The van der Waals surface area contributed by atoms with Crippen molar-refractivity contribution in [2.75, 3.05) is 12.2 Å². The van der Waals surface area contributed by atoms with E-state index in [9.17, 15) is 10.1 Å². The molecule has 1 aliphatic rings. The zero-order chi connectivity index (χ0) is 15.5. The third-order valence-electron chi connectivity index (χ3n) is 2.95. The molecule has 2 aromatic carbocycles. The van der Waals surface area contributed by atoms with Crippen molar-refractivity contribution in [1.29, 1.82) is 0 Å². The summed E-state index contributed by atoms with van der Waals surface area (Å²) in [5.74, 6) is 1.05. The molecule has 8 heteroatoms. The Hall–Kier alpha value is -2.80. The molecule has 0 radical (unpaired) electrons. The fourth-order valence-electron chi connectivity index (χ4n) is 1.97. The third kappa shape index (κ3) is 2.79. The van der Waals surface area contributed by atoms with Gasteiger partial charge >= 0.3 is 0 Å². The van der Waals surface area contributed by atoms with Gasteiger partial charge in [0.15, 0.2) is 11.5 Å². The molecule has 0 saturated carbocycles. The molecule has 1 aliphatic heterocycles. The summed E-state index contributed by atoms with van der Waals surface area (Å²) in [7, 11) is 0. The molecule has 0 aromatic heterocycles. The molecule has 0 fully saturated rings. The molecule has 1 N–H and O–H groups in total. The first-order valence-corrected chi connectivity index (χ1v) is 6.64. The molecule has 0 aliphatic carbocycles. The minimum Gasteiger partial charge on any atom is -0.454 e. The summed E-state index contributed by atoms with van der Waals surface area (Å²) in [6.07, 6.45) is 1.49. The van der Waals surface area contributed by atoms with Crippen LogP contribution in [0.4, 0.5) is 11.4 Å². The van der Waals surface area contributed by atoms with Crippen molar-refractivity contribution in [2.45, 2.75) is 0 Å². The highest BCUT2D eigenvalue weighted by atomic mass is 35.5. The number of hydrogen-bond donors (Lipinski definition) is 1. The van der Waals surface area contributed by atoms with E-state index < -0.39 is 4.92 Å². The van der Waals surface area contributed by atoms with Gasteiger partial charge < -0.3 is 9.47 Å². The van der Waals surface area contributed by atoms with Crippen LogP contribution in [0.1, 0.15) is 5.56 Å². The maximum Gasteiger partial charge on any atom is 0.294 e. The van der Waals surface area contributed by atoms with Gasteiger partial charge in [-0.15, -0.1) is 0 Å². The smallest absolute Gasteiger partial charge is 0.294 e. The number of halogens is 1. The van der Waals surface area contributed by atoms with E-state index in [1.165, 1.54) is 12.3 Å². The third-order valence-corrected chi connectivity index (χ3v) is 3.23. The standard InChI is InChI=1S/C14H10ClN3O4/c15-10-5-9(6-13-14(10)22-8-21-13)7-16-17-11-3-1-2-4-12(11)18(19)20/h1-7,17H,8H2/b16-7-. The summed E-state index contributed by atoms with van der Waals surface area (Å²) in [5.41, 5.74) is 3.57. The predicted octanol–water partition coefficient (Wildman–Crippen LogP) is 3.42. The molecule has 112 valence electrons. The Labute approximate surface area is 130 Å². The summed E-state index contributed by atoms with van der Waals surface area (Å²) >= 11 is 6.06. The lowest BCUT2D eigenvalue weighted by Crippen LogP contribution is -1.96. The van der Waals surface area contributed by atoms with Crippen LogP contribution in [-0.2, 0) is 0 Å². The summed E-state index contributed by atoms with van der Waals surface area (Å²) in [5, 5.41) is 15.3. The van der Waals surface area contributed by atoms with Crippen molar-refractivity contribution < 1.29 is 14.4 Å². The van der Waals surface area contributed by atoms with Crippen LogP contribution in [0.5, 0.6) is 11.5 Å². The molecule has 0 atom stereocenters. The molecule has 0 unspecified atom stereocenters. The number of hydrogen-bond acceptors (Lipinski definition) is 6. The Morgan fingerprint density at radius 2 is 2.14 bits per heavy atom. The van der Waals surface area contributed by atoms with E-state index in [1.54, 1.807) is 30.3 Å². The van der Waals surface area contributed by atoms with Gasteiger partial charge in [-0.3, -0.25) is 15.5 Å². The van der Waals surface area contributed by atoms with E-state index in [0.717, 1.165) is 0 Å². The molecule has 0 bridgehead atoms. The maximum absolute atomic E-state index is 10.9. The number of anilines is 1. The van der Waals surface area contributed by atoms with E-state index >= 15 is 0 Å². The van der Waals surface area contributed by atoms with Crippen LogP contribution in [0.25, 0.3) is 0 Å². The predicted molar refractivity (Wildman–Crippen MR) is 81.9 cm³/mol. The Bertz CT molecular complexity index is 764. The second kappa shape index (κ2) is 5.90. The summed E-state index contributed by atoms with van der Waals surface area (Å²) < 4.78 is 10.5. The topological polar surface area (TPSA) is 86.0 Å². The summed E-state index contributed by atoms with van der Waals surface area (Å²) in [6, 6.07) is 9.63. The van der Waals surface area contributed by atoms with Gasteiger partial charge in [0.2, 0.25) is 6.79 Å². The number of nitro benzene ring substituents is 1. The van der Waals surface area contributed by atoms with Crippen molar-refractivity contribution in [3.63, 3.8) is 0 Å². The first-order chi connectivity index (χ1) is 10.6. The van der Waals surface area contributed by atoms with E-state index in [4.69, 9.17) is 21.1 Å². The SMILES string of the molecule is O=[N+]([O-])c1ccccc1N/N=C\c1cc(Cl)c2c(c1)OCO2. The number of rotatable bonds is 4. The first-order valence-electron chi connectivity index (χ1n) is 6.27. The zero-order valence-electron chi connectivity index (χ0n) is 11.2. The highest BCUT2D eigenvalue weighted by molar-refractivity contribution is 6.32. The summed E-state index contributed by atoms with van der Waals surface area (Å²) in [4.78, 5) is 10.4. The summed E-state index contributed by atoms with van der Waals surface area (Å²) in [6.45, 7) is 0.129. The Kier molecular flexibility index (Phi) is 3.80. The second-order valence-corrected chi connectivity index (χ2v) is 4.79. The largest absolute Gasteiger partial charge is 0.454 e. The molecule has 7 nitrogen and oxygen atoms in total. The molecule has 1 heterocycles. The normalized spacial score (nSPS) is 12.6. The average molecular weight is 320 g/mol. The fraction of sp³-hybridized carbons (Fsp3) is 0.0714. The van der Waals surface area contributed by atoms with Gasteiger partial charge in [-0.2, -0.15) is 5.10 Å². The molecule has 0 saturated heterocycles. The number of para-hydroxylation sites is 2. The zero-order valence-corrected chi connectivity index (χ0v) is 11.9. The number of nitrogens with one attached hydrogen (secondary N) is 1.